The van der Waals surface area contributed by atoms with E-state index in [1.165, 1.54) is 5.56 Å². The van der Waals surface area contributed by atoms with Gasteiger partial charge in [-0.15, -0.1) is 0 Å². The van der Waals surface area contributed by atoms with Crippen LogP contribution in [0.1, 0.15) is 16.8 Å². The monoisotopic (exact) mass is 336 g/mol. The number of pyridine rings is 1. The zero-order chi connectivity index (χ0) is 17.6. The number of nitrogens with one attached hydrogen (secondary N) is 1. The predicted octanol–water partition coefficient (Wildman–Crippen LogP) is 3.39. The molecule has 6 nitrogen and oxygen atoms in total. The summed E-state index contributed by atoms with van der Waals surface area (Å²) >= 11 is 0. The molecule has 0 fully saturated rings. The average Bonchev–Trinajstić information content (AvgIpc) is 3.10. The Kier molecular flexibility index (Phi) is 5.09. The molecule has 0 aliphatic carbocycles. The van der Waals surface area contributed by atoms with Crippen molar-refractivity contribution >= 4 is 6.03 Å². The van der Waals surface area contributed by atoms with Crippen LogP contribution in [-0.2, 0) is 13.1 Å². The van der Waals surface area contributed by atoms with Crippen LogP contribution < -0.4 is 5.32 Å². The molecule has 3 aromatic rings. The van der Waals surface area contributed by atoms with Gasteiger partial charge in [0.2, 0.25) is 5.89 Å². The summed E-state index contributed by atoms with van der Waals surface area (Å²) in [4.78, 5) is 22.2. The fourth-order valence-corrected chi connectivity index (χ4v) is 2.35. The Labute approximate surface area is 146 Å². The SMILES string of the molecule is Cc1ccc(-c2nc(CNC(=O)N(C)Cc3ccncc3)co2)cc1. The molecule has 25 heavy (non-hydrogen) atoms. The molecule has 0 saturated heterocycles. The largest absolute Gasteiger partial charge is 0.444 e. The number of rotatable bonds is 5. The van der Waals surface area contributed by atoms with E-state index in [0.717, 1.165) is 11.1 Å². The predicted molar refractivity (Wildman–Crippen MR) is 94.6 cm³/mol. The van der Waals surface area contributed by atoms with Gasteiger partial charge in [-0.2, -0.15) is 0 Å². The normalized spacial score (nSPS) is 10.5. The molecule has 0 saturated carbocycles. The minimum absolute atomic E-state index is 0.170. The van der Waals surface area contributed by atoms with Gasteiger partial charge in [0, 0.05) is 31.5 Å². The fourth-order valence-electron chi connectivity index (χ4n) is 2.35. The number of hydrogen-bond donors (Lipinski definition) is 1. The van der Waals surface area contributed by atoms with E-state index in [4.69, 9.17) is 4.42 Å². The van der Waals surface area contributed by atoms with Crippen molar-refractivity contribution < 1.29 is 9.21 Å². The molecule has 3 rings (SSSR count). The van der Waals surface area contributed by atoms with Crippen LogP contribution in [-0.4, -0.2) is 27.9 Å². The van der Waals surface area contributed by atoms with E-state index in [0.29, 0.717) is 24.7 Å². The second kappa shape index (κ2) is 7.61. The average molecular weight is 336 g/mol. The fraction of sp³-hybridized carbons (Fsp3) is 0.211. The first kappa shape index (κ1) is 16.7. The third kappa shape index (κ3) is 4.44. The number of nitrogens with zero attached hydrogens (tertiary/aromatic N) is 3. The van der Waals surface area contributed by atoms with E-state index in [2.05, 4.69) is 15.3 Å². The Morgan fingerprint density at radius 3 is 2.60 bits per heavy atom. The second-order valence-corrected chi connectivity index (χ2v) is 5.88. The van der Waals surface area contributed by atoms with Gasteiger partial charge >= 0.3 is 6.03 Å². The minimum Gasteiger partial charge on any atom is -0.444 e. The Morgan fingerprint density at radius 1 is 1.16 bits per heavy atom. The van der Waals surface area contributed by atoms with Gasteiger partial charge in [0.1, 0.15) is 6.26 Å². The molecular weight excluding hydrogens is 316 g/mol. The van der Waals surface area contributed by atoms with Crippen LogP contribution in [0.5, 0.6) is 0 Å². The molecule has 0 atom stereocenters. The van der Waals surface area contributed by atoms with Gasteiger partial charge in [0.25, 0.3) is 0 Å². The number of amides is 2. The van der Waals surface area contributed by atoms with Crippen molar-refractivity contribution in [1.29, 1.82) is 0 Å². The molecule has 1 aromatic carbocycles. The highest BCUT2D eigenvalue weighted by Crippen LogP contribution is 2.19. The summed E-state index contributed by atoms with van der Waals surface area (Å²) in [6, 6.07) is 11.5. The summed E-state index contributed by atoms with van der Waals surface area (Å²) in [5.41, 5.74) is 3.80. The molecular formula is C19H20N4O2. The van der Waals surface area contributed by atoms with E-state index in [-0.39, 0.29) is 6.03 Å². The van der Waals surface area contributed by atoms with Crippen molar-refractivity contribution in [3.8, 4) is 11.5 Å². The summed E-state index contributed by atoms with van der Waals surface area (Å²) in [6.07, 6.45) is 4.99. The number of aryl methyl sites for hydroxylation is 1. The highest BCUT2D eigenvalue weighted by atomic mass is 16.3. The first-order chi connectivity index (χ1) is 12.1. The molecule has 2 heterocycles. The lowest BCUT2D eigenvalue weighted by molar-refractivity contribution is 0.206. The van der Waals surface area contributed by atoms with Crippen LogP contribution >= 0.6 is 0 Å². The quantitative estimate of drug-likeness (QED) is 0.775. The third-order valence-electron chi connectivity index (χ3n) is 3.79. The van der Waals surface area contributed by atoms with Gasteiger partial charge in [-0.25, -0.2) is 9.78 Å². The molecule has 0 aliphatic rings. The maximum atomic E-state index is 12.2. The number of oxazole rings is 1. The lowest BCUT2D eigenvalue weighted by atomic mass is 10.1. The summed E-state index contributed by atoms with van der Waals surface area (Å²) in [6.45, 7) is 2.86. The minimum atomic E-state index is -0.170. The van der Waals surface area contributed by atoms with E-state index >= 15 is 0 Å². The molecule has 128 valence electrons. The van der Waals surface area contributed by atoms with Crippen molar-refractivity contribution in [2.75, 3.05) is 7.05 Å². The Bertz CT molecular complexity index is 828. The van der Waals surface area contributed by atoms with Gasteiger partial charge in [0.05, 0.1) is 12.2 Å². The number of carbonyl (C=O) groups excluding carboxylic acids is 1. The highest BCUT2D eigenvalue weighted by Gasteiger charge is 2.11. The third-order valence-corrected chi connectivity index (χ3v) is 3.79. The molecule has 0 spiro atoms. The molecule has 2 amide bonds. The zero-order valence-electron chi connectivity index (χ0n) is 14.3. The number of aromatic nitrogens is 2. The van der Waals surface area contributed by atoms with E-state index in [1.54, 1.807) is 30.6 Å². The Balaban J connectivity index is 1.54. The standard InChI is InChI=1S/C19H20N4O2/c1-14-3-5-16(6-4-14)18-22-17(13-25-18)11-21-19(24)23(2)12-15-7-9-20-10-8-15/h3-10,13H,11-12H2,1-2H3,(H,21,24). The number of carbonyl (C=O) groups is 1. The molecule has 0 aliphatic heterocycles. The topological polar surface area (TPSA) is 71.3 Å². The second-order valence-electron chi connectivity index (χ2n) is 5.88. The first-order valence-electron chi connectivity index (χ1n) is 8.01. The maximum absolute atomic E-state index is 12.2. The lowest BCUT2D eigenvalue weighted by Gasteiger charge is -2.17. The maximum Gasteiger partial charge on any atom is 0.317 e. The molecule has 0 unspecified atom stereocenters. The smallest absolute Gasteiger partial charge is 0.317 e. The van der Waals surface area contributed by atoms with Crippen LogP contribution in [0, 0.1) is 6.92 Å². The first-order valence-corrected chi connectivity index (χ1v) is 8.01. The Hall–Kier alpha value is -3.15. The van der Waals surface area contributed by atoms with Crippen LogP contribution in [0.4, 0.5) is 4.79 Å². The molecule has 1 N–H and O–H groups in total. The summed E-state index contributed by atoms with van der Waals surface area (Å²) in [7, 11) is 1.75. The Morgan fingerprint density at radius 2 is 1.88 bits per heavy atom. The zero-order valence-corrected chi connectivity index (χ0v) is 14.3. The van der Waals surface area contributed by atoms with Crippen LogP contribution in [0.2, 0.25) is 0 Å². The van der Waals surface area contributed by atoms with Crippen LogP contribution in [0.15, 0.2) is 59.5 Å². The number of benzene rings is 1. The van der Waals surface area contributed by atoms with Gasteiger partial charge in [0.15, 0.2) is 0 Å². The van der Waals surface area contributed by atoms with Crippen molar-refractivity contribution in [3.63, 3.8) is 0 Å². The van der Waals surface area contributed by atoms with Crippen LogP contribution in [0.25, 0.3) is 11.5 Å². The van der Waals surface area contributed by atoms with E-state index in [1.807, 2.05) is 43.3 Å². The van der Waals surface area contributed by atoms with Crippen molar-refractivity contribution in [3.05, 3.63) is 71.9 Å². The van der Waals surface area contributed by atoms with Crippen LogP contribution in [0.3, 0.4) is 0 Å². The lowest BCUT2D eigenvalue weighted by Crippen LogP contribution is -2.36. The molecule has 6 heteroatoms. The van der Waals surface area contributed by atoms with Crippen molar-refractivity contribution in [2.24, 2.45) is 0 Å². The van der Waals surface area contributed by atoms with E-state index in [9.17, 15) is 4.79 Å². The van der Waals surface area contributed by atoms with Gasteiger partial charge in [-0.05, 0) is 36.8 Å². The van der Waals surface area contributed by atoms with Crippen molar-refractivity contribution in [2.45, 2.75) is 20.0 Å². The van der Waals surface area contributed by atoms with Gasteiger partial charge in [-0.1, -0.05) is 17.7 Å². The van der Waals surface area contributed by atoms with Gasteiger partial charge < -0.3 is 14.6 Å². The highest BCUT2D eigenvalue weighted by molar-refractivity contribution is 5.73. The van der Waals surface area contributed by atoms with Gasteiger partial charge in [-0.3, -0.25) is 4.98 Å². The number of hydrogen-bond acceptors (Lipinski definition) is 4. The van der Waals surface area contributed by atoms with Crippen molar-refractivity contribution in [1.82, 2.24) is 20.2 Å². The number of urea groups is 1. The summed E-state index contributed by atoms with van der Waals surface area (Å²) in [5.74, 6) is 0.550. The molecule has 2 aromatic heterocycles. The molecule has 0 bridgehead atoms. The summed E-state index contributed by atoms with van der Waals surface area (Å²) in [5, 5.41) is 2.84. The molecule has 0 radical (unpaired) electrons. The summed E-state index contributed by atoms with van der Waals surface area (Å²) < 4.78 is 5.50. The van der Waals surface area contributed by atoms with E-state index < -0.39 is 0 Å².